The Bertz CT molecular complexity index is 977. The molecule has 0 aromatic heterocycles. The molecule has 0 spiro atoms. The number of anilines is 1. The van der Waals surface area contributed by atoms with E-state index in [9.17, 15) is 9.59 Å². The molecule has 0 radical (unpaired) electrons. The first-order chi connectivity index (χ1) is 14.9. The van der Waals surface area contributed by atoms with Crippen molar-refractivity contribution in [1.29, 1.82) is 0 Å². The number of rotatable bonds is 4. The van der Waals surface area contributed by atoms with Crippen LogP contribution in [0.25, 0.3) is 0 Å². The van der Waals surface area contributed by atoms with Gasteiger partial charge in [-0.3, -0.25) is 19.5 Å². The minimum atomic E-state index is -0.529. The molecule has 0 bridgehead atoms. The van der Waals surface area contributed by atoms with Crippen LogP contribution in [0, 0.1) is 13.8 Å². The Morgan fingerprint density at radius 1 is 1.06 bits per heavy atom. The molecule has 1 unspecified atom stereocenters. The second kappa shape index (κ2) is 7.72. The first kappa shape index (κ1) is 20.1. The topological polar surface area (TPSA) is 71.7 Å². The number of morpholine rings is 1. The van der Waals surface area contributed by atoms with Crippen LogP contribution in [0.4, 0.5) is 10.5 Å². The van der Waals surface area contributed by atoms with Gasteiger partial charge in [-0.15, -0.1) is 0 Å². The highest BCUT2D eigenvalue weighted by molar-refractivity contribution is 6.24. The number of fused-ring (bicyclic) bond motifs is 2. The molecular formula is C22H29N6O3+. The minimum Gasteiger partial charge on any atom is -0.379 e. The van der Waals surface area contributed by atoms with E-state index in [1.165, 1.54) is 20.9 Å². The van der Waals surface area contributed by atoms with Crippen LogP contribution in [0.5, 0.6) is 0 Å². The van der Waals surface area contributed by atoms with E-state index in [1.54, 1.807) is 7.05 Å². The van der Waals surface area contributed by atoms with Crippen molar-refractivity contribution in [3.63, 3.8) is 0 Å². The number of likely N-dealkylation sites (N-methyl/N-ethyl adjacent to an activating group) is 1. The molecule has 9 nitrogen and oxygen atoms in total. The van der Waals surface area contributed by atoms with Crippen LogP contribution in [-0.4, -0.2) is 109 Å². The maximum atomic E-state index is 13.4. The number of imide groups is 1. The summed E-state index contributed by atoms with van der Waals surface area (Å²) in [5.74, 6) is 1.11. The smallest absolute Gasteiger partial charge is 0.379 e. The third kappa shape index (κ3) is 3.41. The van der Waals surface area contributed by atoms with Crippen molar-refractivity contribution in [2.45, 2.75) is 19.9 Å². The third-order valence-corrected chi connectivity index (χ3v) is 6.46. The van der Waals surface area contributed by atoms with Crippen LogP contribution in [-0.2, 0) is 9.53 Å². The van der Waals surface area contributed by atoms with Crippen molar-refractivity contribution >= 4 is 29.4 Å². The Hall–Kier alpha value is -2.78. The first-order valence-electron chi connectivity index (χ1n) is 10.9. The zero-order valence-corrected chi connectivity index (χ0v) is 18.4. The summed E-state index contributed by atoms with van der Waals surface area (Å²) in [6, 6.07) is 5.59. The Kier molecular flexibility index (Phi) is 5.02. The number of amides is 3. The second-order valence-electron chi connectivity index (χ2n) is 8.65. The molecule has 0 N–H and O–H groups in total. The average Bonchev–Trinajstić information content (AvgIpc) is 3.31. The van der Waals surface area contributed by atoms with E-state index < -0.39 is 6.04 Å². The number of benzene rings is 1. The van der Waals surface area contributed by atoms with E-state index in [1.807, 2.05) is 4.58 Å². The number of aliphatic imine (C=N–C) groups is 1. The summed E-state index contributed by atoms with van der Waals surface area (Å²) in [6.45, 7) is 9.73. The van der Waals surface area contributed by atoms with Gasteiger partial charge < -0.3 is 4.74 Å². The van der Waals surface area contributed by atoms with Gasteiger partial charge in [0.1, 0.15) is 12.2 Å². The number of guanidine groups is 1. The SMILES string of the molecule is Cc1cc(C)cc(N2CC[N+]3=C2N=C2C3C(=O)N(CCN3CCOCC3)C(=O)N2C)c1. The van der Waals surface area contributed by atoms with Crippen molar-refractivity contribution in [1.82, 2.24) is 14.7 Å². The van der Waals surface area contributed by atoms with Gasteiger partial charge in [-0.1, -0.05) is 11.1 Å². The van der Waals surface area contributed by atoms with Crippen LogP contribution in [0.3, 0.4) is 0 Å². The molecule has 2 saturated heterocycles. The van der Waals surface area contributed by atoms with Crippen LogP contribution in [0.15, 0.2) is 23.2 Å². The van der Waals surface area contributed by atoms with Crippen molar-refractivity contribution in [2.75, 3.05) is 64.4 Å². The second-order valence-corrected chi connectivity index (χ2v) is 8.65. The van der Waals surface area contributed by atoms with Gasteiger partial charge in [0, 0.05) is 33.2 Å². The minimum absolute atomic E-state index is 0.174. The summed E-state index contributed by atoms with van der Waals surface area (Å²) in [7, 11) is 1.71. The monoisotopic (exact) mass is 425 g/mol. The summed E-state index contributed by atoms with van der Waals surface area (Å²) < 4.78 is 7.43. The number of hydrogen-bond acceptors (Lipinski definition) is 6. The summed E-state index contributed by atoms with van der Waals surface area (Å²) in [4.78, 5) is 38.5. The van der Waals surface area contributed by atoms with Crippen molar-refractivity contribution < 1.29 is 18.9 Å². The first-order valence-corrected chi connectivity index (χ1v) is 10.9. The lowest BCUT2D eigenvalue weighted by Crippen LogP contribution is -2.63. The molecule has 31 heavy (non-hydrogen) atoms. The van der Waals surface area contributed by atoms with E-state index in [2.05, 4.69) is 41.8 Å². The highest BCUT2D eigenvalue weighted by atomic mass is 16.5. The molecule has 0 aliphatic carbocycles. The van der Waals surface area contributed by atoms with Crippen molar-refractivity contribution in [3.8, 4) is 0 Å². The van der Waals surface area contributed by atoms with Gasteiger partial charge in [-0.25, -0.2) is 14.3 Å². The molecule has 1 aromatic carbocycles. The molecule has 5 rings (SSSR count). The summed E-state index contributed by atoms with van der Waals surface area (Å²) in [5.41, 5.74) is 3.45. The van der Waals surface area contributed by atoms with Crippen LogP contribution in [0.1, 0.15) is 11.1 Å². The zero-order valence-electron chi connectivity index (χ0n) is 18.4. The maximum Gasteiger partial charge on any atom is 0.397 e. The predicted molar refractivity (Wildman–Crippen MR) is 117 cm³/mol. The van der Waals surface area contributed by atoms with Crippen molar-refractivity contribution in [2.24, 2.45) is 4.99 Å². The molecular weight excluding hydrogens is 396 g/mol. The van der Waals surface area contributed by atoms with Gasteiger partial charge in [0.15, 0.2) is 0 Å². The van der Waals surface area contributed by atoms with E-state index in [-0.39, 0.29) is 11.9 Å². The van der Waals surface area contributed by atoms with Gasteiger partial charge >= 0.3 is 12.0 Å². The number of amidine groups is 1. The number of nitrogens with zero attached hydrogens (tertiary/aromatic N) is 6. The third-order valence-electron chi connectivity index (χ3n) is 6.46. The normalized spacial score (nSPS) is 24.2. The lowest BCUT2D eigenvalue weighted by molar-refractivity contribution is -0.525. The number of hydrogen-bond donors (Lipinski definition) is 0. The number of carbonyl (C=O) groups is 2. The Balaban J connectivity index is 1.40. The van der Waals surface area contributed by atoms with Gasteiger partial charge in [0.25, 0.3) is 5.91 Å². The van der Waals surface area contributed by atoms with E-state index in [0.717, 1.165) is 31.3 Å². The fourth-order valence-electron chi connectivity index (χ4n) is 4.88. The largest absolute Gasteiger partial charge is 0.397 e. The quantitative estimate of drug-likeness (QED) is 0.657. The molecule has 1 aromatic rings. The summed E-state index contributed by atoms with van der Waals surface area (Å²) in [6.07, 6.45) is 0. The lowest BCUT2D eigenvalue weighted by Gasteiger charge is -2.35. The molecule has 4 aliphatic heterocycles. The average molecular weight is 426 g/mol. The fourth-order valence-corrected chi connectivity index (χ4v) is 4.88. The number of carbonyl (C=O) groups excluding carboxylic acids is 2. The Morgan fingerprint density at radius 2 is 1.77 bits per heavy atom. The fraction of sp³-hybridized carbons (Fsp3) is 0.545. The van der Waals surface area contributed by atoms with E-state index in [0.29, 0.717) is 38.7 Å². The molecule has 0 saturated carbocycles. The number of urea groups is 1. The van der Waals surface area contributed by atoms with E-state index >= 15 is 0 Å². The highest BCUT2D eigenvalue weighted by Gasteiger charge is 2.55. The molecule has 1 atom stereocenters. The van der Waals surface area contributed by atoms with Crippen molar-refractivity contribution in [3.05, 3.63) is 29.3 Å². The molecule has 4 heterocycles. The predicted octanol–water partition coefficient (Wildman–Crippen LogP) is 0.499. The summed E-state index contributed by atoms with van der Waals surface area (Å²) >= 11 is 0. The highest BCUT2D eigenvalue weighted by Crippen LogP contribution is 2.28. The molecule has 4 aliphatic rings. The van der Waals surface area contributed by atoms with Gasteiger partial charge in [-0.2, -0.15) is 0 Å². The van der Waals surface area contributed by atoms with Crippen LogP contribution in [0.2, 0.25) is 0 Å². The van der Waals surface area contributed by atoms with Gasteiger partial charge in [0.05, 0.1) is 19.8 Å². The van der Waals surface area contributed by atoms with Crippen LogP contribution >= 0.6 is 0 Å². The molecule has 9 heteroatoms. The molecule has 3 amide bonds. The number of ether oxygens (including phenoxy) is 1. The summed E-state index contributed by atoms with van der Waals surface area (Å²) in [5, 5.41) is 0. The van der Waals surface area contributed by atoms with E-state index in [4.69, 9.17) is 9.73 Å². The van der Waals surface area contributed by atoms with Crippen LogP contribution < -0.4 is 4.90 Å². The molecule has 164 valence electrons. The van der Waals surface area contributed by atoms with Gasteiger partial charge in [-0.05, 0) is 37.1 Å². The Morgan fingerprint density at radius 3 is 2.48 bits per heavy atom. The standard InChI is InChI=1S/C22H29N6O3/c1-15-12-16(2)14-17(13-15)26-6-7-27-18-19(23-21(26)27)24(3)22(30)28(20(18)29)5-4-25-8-10-31-11-9-25/h12-14,18H,4-11H2,1-3H3/q+1. The lowest BCUT2D eigenvalue weighted by atomic mass is 10.1. The maximum absolute atomic E-state index is 13.4. The van der Waals surface area contributed by atoms with Gasteiger partial charge in [0.2, 0.25) is 11.9 Å². The Labute approximate surface area is 182 Å². The molecule has 2 fully saturated rings. The number of aryl methyl sites for hydroxylation is 2. The zero-order chi connectivity index (χ0) is 21.7.